The molecule has 1 fully saturated rings. The zero-order chi connectivity index (χ0) is 19.2. The van der Waals surface area contributed by atoms with E-state index in [2.05, 4.69) is 29.7 Å². The van der Waals surface area contributed by atoms with Crippen molar-refractivity contribution < 1.29 is 9.13 Å². The molecule has 0 amide bonds. The van der Waals surface area contributed by atoms with Gasteiger partial charge in [-0.15, -0.1) is 0 Å². The number of halogens is 2. The Morgan fingerprint density at radius 2 is 1.89 bits per heavy atom. The van der Waals surface area contributed by atoms with Gasteiger partial charge >= 0.3 is 0 Å². The summed E-state index contributed by atoms with van der Waals surface area (Å²) in [5.74, 6) is 0.406. The minimum Gasteiger partial charge on any atom is -0.489 e. The fourth-order valence-electron chi connectivity index (χ4n) is 3.48. The van der Waals surface area contributed by atoms with Gasteiger partial charge in [0.05, 0.1) is 5.02 Å². The van der Waals surface area contributed by atoms with E-state index in [4.69, 9.17) is 16.3 Å². The van der Waals surface area contributed by atoms with Crippen LogP contribution in [0.3, 0.4) is 0 Å². The molecule has 0 unspecified atom stereocenters. The first-order chi connectivity index (χ1) is 13.0. The Morgan fingerprint density at radius 3 is 2.67 bits per heavy atom. The Bertz CT molecular complexity index is 733. The van der Waals surface area contributed by atoms with E-state index in [0.29, 0.717) is 16.6 Å². The maximum absolute atomic E-state index is 13.9. The monoisotopic (exact) mass is 390 g/mol. The van der Waals surface area contributed by atoms with Gasteiger partial charge in [0.25, 0.3) is 0 Å². The van der Waals surface area contributed by atoms with Crippen molar-refractivity contribution in [2.45, 2.75) is 39.5 Å². The molecular formula is C22H28ClFN2O. The second-order valence-electron chi connectivity index (χ2n) is 7.40. The molecule has 1 aliphatic heterocycles. The molecule has 0 spiro atoms. The van der Waals surface area contributed by atoms with Gasteiger partial charge in [0.2, 0.25) is 0 Å². The second kappa shape index (κ2) is 9.54. The molecule has 0 saturated carbocycles. The third-order valence-electron chi connectivity index (χ3n) is 5.10. The molecule has 0 aliphatic carbocycles. The van der Waals surface area contributed by atoms with Gasteiger partial charge in [-0.1, -0.05) is 29.8 Å². The summed E-state index contributed by atoms with van der Waals surface area (Å²) in [7, 11) is 0. The number of hydrogen-bond acceptors (Lipinski definition) is 3. The van der Waals surface area contributed by atoms with Crippen molar-refractivity contribution >= 4 is 11.6 Å². The van der Waals surface area contributed by atoms with E-state index < -0.39 is 0 Å². The fourth-order valence-corrected chi connectivity index (χ4v) is 3.70. The number of nitrogens with zero attached hydrogens (tertiary/aromatic N) is 2. The molecule has 0 N–H and O–H groups in total. The average molecular weight is 391 g/mol. The Labute approximate surface area is 166 Å². The molecule has 1 heterocycles. The van der Waals surface area contributed by atoms with Crippen LogP contribution in [0.2, 0.25) is 5.02 Å². The number of hydrogen-bond donors (Lipinski definition) is 0. The summed E-state index contributed by atoms with van der Waals surface area (Å²) in [4.78, 5) is 5.03. The van der Waals surface area contributed by atoms with Crippen molar-refractivity contribution in [2.24, 2.45) is 0 Å². The quantitative estimate of drug-likeness (QED) is 0.692. The number of rotatable bonds is 6. The van der Waals surface area contributed by atoms with E-state index in [1.54, 1.807) is 12.1 Å². The van der Waals surface area contributed by atoms with Crippen LogP contribution >= 0.6 is 11.6 Å². The smallest absolute Gasteiger partial charge is 0.131 e. The van der Waals surface area contributed by atoms with Gasteiger partial charge in [0.15, 0.2) is 0 Å². The van der Waals surface area contributed by atoms with E-state index >= 15 is 0 Å². The van der Waals surface area contributed by atoms with E-state index in [1.807, 2.05) is 18.2 Å². The molecule has 0 bridgehead atoms. The summed E-state index contributed by atoms with van der Waals surface area (Å²) in [6.07, 6.45) is 1.19. The third kappa shape index (κ3) is 5.68. The van der Waals surface area contributed by atoms with Gasteiger partial charge in [-0.25, -0.2) is 4.39 Å². The zero-order valence-corrected chi connectivity index (χ0v) is 16.9. The van der Waals surface area contributed by atoms with Gasteiger partial charge in [-0.2, -0.15) is 0 Å². The maximum atomic E-state index is 13.9. The van der Waals surface area contributed by atoms with Gasteiger partial charge in [0, 0.05) is 31.2 Å². The van der Waals surface area contributed by atoms with Crippen LogP contribution in [0.4, 0.5) is 4.39 Å². The first-order valence-corrected chi connectivity index (χ1v) is 10.0. The first-order valence-electron chi connectivity index (χ1n) is 9.64. The molecule has 0 atom stereocenters. The number of ether oxygens (including phenoxy) is 1. The van der Waals surface area contributed by atoms with Crippen molar-refractivity contribution in [2.75, 3.05) is 26.2 Å². The lowest BCUT2D eigenvalue weighted by molar-refractivity contribution is 0.218. The van der Waals surface area contributed by atoms with E-state index in [0.717, 1.165) is 31.9 Å². The molecule has 27 heavy (non-hydrogen) atoms. The second-order valence-corrected chi connectivity index (χ2v) is 7.80. The van der Waals surface area contributed by atoms with E-state index in [1.165, 1.54) is 24.6 Å². The van der Waals surface area contributed by atoms with Crippen molar-refractivity contribution in [3.8, 4) is 5.75 Å². The molecule has 1 saturated heterocycles. The standard InChI is InChI=1S/C22H28ClFN2O/c1-17(2)26-11-5-10-25(12-13-26)15-18-6-3-7-19(14-18)27-16-20-21(23)8-4-9-22(20)24/h3-4,6-9,14,17H,5,10-13,15-16H2,1-2H3. The van der Waals surface area contributed by atoms with Gasteiger partial charge in [-0.3, -0.25) is 9.80 Å². The van der Waals surface area contributed by atoms with Crippen LogP contribution in [0.5, 0.6) is 5.75 Å². The van der Waals surface area contributed by atoms with Gasteiger partial charge < -0.3 is 4.74 Å². The minimum absolute atomic E-state index is 0.127. The molecule has 0 radical (unpaired) electrons. The summed E-state index contributed by atoms with van der Waals surface area (Å²) in [5.41, 5.74) is 1.61. The lowest BCUT2D eigenvalue weighted by Gasteiger charge is -2.25. The Balaban J connectivity index is 1.59. The molecule has 3 rings (SSSR count). The predicted octanol–water partition coefficient (Wildman–Crippen LogP) is 4.97. The minimum atomic E-state index is -0.335. The molecular weight excluding hydrogens is 363 g/mol. The van der Waals surface area contributed by atoms with Crippen LogP contribution in [0, 0.1) is 5.82 Å². The Hall–Kier alpha value is -1.62. The van der Waals surface area contributed by atoms with Crippen molar-refractivity contribution in [3.63, 3.8) is 0 Å². The fraction of sp³-hybridized carbons (Fsp3) is 0.455. The zero-order valence-electron chi connectivity index (χ0n) is 16.1. The van der Waals surface area contributed by atoms with E-state index in [9.17, 15) is 4.39 Å². The lowest BCUT2D eigenvalue weighted by Crippen LogP contribution is -2.34. The van der Waals surface area contributed by atoms with Crippen molar-refractivity contribution in [1.82, 2.24) is 9.80 Å². The lowest BCUT2D eigenvalue weighted by atomic mass is 10.2. The van der Waals surface area contributed by atoms with Crippen LogP contribution in [-0.2, 0) is 13.2 Å². The van der Waals surface area contributed by atoms with Crippen LogP contribution < -0.4 is 4.74 Å². The Kier molecular flexibility index (Phi) is 7.11. The van der Waals surface area contributed by atoms with Crippen LogP contribution in [0.25, 0.3) is 0 Å². The topological polar surface area (TPSA) is 15.7 Å². The summed E-state index contributed by atoms with van der Waals surface area (Å²) in [6, 6.07) is 13.3. The SMILES string of the molecule is CC(C)N1CCCN(Cc2cccc(OCc3c(F)cccc3Cl)c2)CC1. The first kappa shape index (κ1) is 20.1. The summed E-state index contributed by atoms with van der Waals surface area (Å²) < 4.78 is 19.7. The van der Waals surface area contributed by atoms with Crippen LogP contribution in [0.15, 0.2) is 42.5 Å². The maximum Gasteiger partial charge on any atom is 0.131 e. The molecule has 2 aromatic rings. The summed E-state index contributed by atoms with van der Waals surface area (Å²) in [5, 5.41) is 0.394. The van der Waals surface area contributed by atoms with Gasteiger partial charge in [-0.05, 0) is 63.2 Å². The highest BCUT2D eigenvalue weighted by Crippen LogP contribution is 2.22. The molecule has 1 aliphatic rings. The molecule has 3 nitrogen and oxygen atoms in total. The number of benzene rings is 2. The van der Waals surface area contributed by atoms with E-state index in [-0.39, 0.29) is 12.4 Å². The normalized spacial score (nSPS) is 16.5. The summed E-state index contributed by atoms with van der Waals surface area (Å²) >= 11 is 6.07. The van der Waals surface area contributed by atoms with Crippen LogP contribution in [-0.4, -0.2) is 42.0 Å². The Morgan fingerprint density at radius 1 is 1.07 bits per heavy atom. The predicted molar refractivity (Wildman–Crippen MR) is 109 cm³/mol. The molecule has 146 valence electrons. The van der Waals surface area contributed by atoms with Crippen LogP contribution in [0.1, 0.15) is 31.4 Å². The summed E-state index contributed by atoms with van der Waals surface area (Å²) in [6.45, 7) is 10.0. The molecule has 0 aromatic heterocycles. The molecule has 2 aromatic carbocycles. The molecule has 5 heteroatoms. The average Bonchev–Trinajstić information content (AvgIpc) is 2.87. The highest BCUT2D eigenvalue weighted by Gasteiger charge is 2.17. The van der Waals surface area contributed by atoms with Crippen molar-refractivity contribution in [1.29, 1.82) is 0 Å². The third-order valence-corrected chi connectivity index (χ3v) is 5.46. The largest absolute Gasteiger partial charge is 0.489 e. The van der Waals surface area contributed by atoms with Gasteiger partial charge in [0.1, 0.15) is 18.2 Å². The van der Waals surface area contributed by atoms with Crippen molar-refractivity contribution in [3.05, 3.63) is 64.4 Å². The highest BCUT2D eigenvalue weighted by molar-refractivity contribution is 6.31. The highest BCUT2D eigenvalue weighted by atomic mass is 35.5.